The highest BCUT2D eigenvalue weighted by Gasteiger charge is 2.28. The molecule has 0 aliphatic carbocycles. The first kappa shape index (κ1) is 44.7. The first-order valence-electron chi connectivity index (χ1n) is 18.8. The largest absolute Gasteiger partial charge is 0.492 e. The van der Waals surface area contributed by atoms with Crippen LogP contribution in [0.4, 0.5) is 5.82 Å². The minimum absolute atomic E-state index is 0.0574. The number of ether oxygens (including phenoxy) is 1. The van der Waals surface area contributed by atoms with Crippen molar-refractivity contribution in [2.24, 2.45) is 0 Å². The smallest absolute Gasteiger partial charge is 0.320 e. The molecule has 3 heterocycles. The average Bonchev–Trinajstić information content (AvgIpc) is 3.17. The predicted octanol–water partition coefficient (Wildman–Crippen LogP) is 0.908. The van der Waals surface area contributed by atoms with Crippen molar-refractivity contribution in [3.8, 4) is 16.9 Å². The van der Waals surface area contributed by atoms with Gasteiger partial charge < -0.3 is 35.8 Å². The van der Waals surface area contributed by atoms with Gasteiger partial charge in [-0.15, -0.1) is 0 Å². The number of hydrogen-bond donors (Lipinski definition) is 6. The number of pyridine rings is 2. The zero-order valence-electron chi connectivity index (χ0n) is 32.3. The Morgan fingerprint density at radius 2 is 1.28 bits per heavy atom. The minimum Gasteiger partial charge on any atom is -0.492 e. The summed E-state index contributed by atoms with van der Waals surface area (Å²) in [5, 5.41) is 44.0. The van der Waals surface area contributed by atoms with Crippen molar-refractivity contribution in [3.63, 3.8) is 0 Å². The number of amides is 2. The summed E-state index contributed by atoms with van der Waals surface area (Å²) in [4.78, 5) is 87.5. The summed E-state index contributed by atoms with van der Waals surface area (Å²) in [7, 11) is 0. The zero-order chi connectivity index (χ0) is 42.0. The third-order valence-electron chi connectivity index (χ3n) is 9.33. The molecule has 19 heteroatoms. The number of anilines is 1. The lowest BCUT2D eigenvalue weighted by Gasteiger charge is -2.35. The van der Waals surface area contributed by atoms with Gasteiger partial charge >= 0.3 is 23.9 Å². The van der Waals surface area contributed by atoms with Crippen LogP contribution >= 0.6 is 0 Å². The predicted molar refractivity (Wildman–Crippen MR) is 210 cm³/mol. The molecule has 4 rings (SSSR count). The van der Waals surface area contributed by atoms with Gasteiger partial charge in [-0.3, -0.25) is 53.4 Å². The lowest BCUT2D eigenvalue weighted by Crippen LogP contribution is -2.52. The normalized spacial score (nSPS) is 15.6. The third kappa shape index (κ3) is 15.5. The van der Waals surface area contributed by atoms with E-state index in [1.54, 1.807) is 62.2 Å². The lowest BCUT2D eigenvalue weighted by molar-refractivity contribution is -0.145. The first-order chi connectivity index (χ1) is 27.7. The second-order valence-corrected chi connectivity index (χ2v) is 13.7. The van der Waals surface area contributed by atoms with Gasteiger partial charge in [0.1, 0.15) is 29.9 Å². The topological polar surface area (TPSA) is 255 Å². The highest BCUT2D eigenvalue weighted by molar-refractivity contribution is 6.02. The van der Waals surface area contributed by atoms with Crippen molar-refractivity contribution in [1.82, 2.24) is 34.9 Å². The van der Waals surface area contributed by atoms with Gasteiger partial charge in [0.05, 0.1) is 26.2 Å². The number of carbonyl (C=O) groups is 6. The van der Waals surface area contributed by atoms with Gasteiger partial charge in [0.15, 0.2) is 0 Å². The average molecular weight is 807 g/mol. The SMILES string of the molecule is Cc1cccc(NC(=O)c2ccc(-c3ccc(OCCNC(=O)CC[C@H](C(=O)O)N4CCN(CC(=O)O)CCN(CC(=O)O)CCN(CC(=O)O)CC4)cc3)cn2)n1. The molecule has 6 N–H and O–H groups in total. The molecule has 1 aliphatic heterocycles. The van der Waals surface area contributed by atoms with Crippen LogP contribution in [0.2, 0.25) is 0 Å². The van der Waals surface area contributed by atoms with Gasteiger partial charge in [-0.2, -0.15) is 0 Å². The summed E-state index contributed by atoms with van der Waals surface area (Å²) in [5.74, 6) is -4.21. The van der Waals surface area contributed by atoms with Crippen molar-refractivity contribution in [2.75, 3.05) is 90.5 Å². The van der Waals surface area contributed by atoms with E-state index < -0.39 is 35.8 Å². The van der Waals surface area contributed by atoms with E-state index in [0.29, 0.717) is 11.6 Å². The molecular weight excluding hydrogens is 756 g/mol. The Kier molecular flexibility index (Phi) is 17.5. The van der Waals surface area contributed by atoms with Crippen LogP contribution in [0.1, 0.15) is 29.0 Å². The molecular formula is C39H50N8O11. The molecule has 3 aromatic rings. The summed E-state index contributed by atoms with van der Waals surface area (Å²) in [5.41, 5.74) is 2.65. The number of carboxylic acids is 4. The summed E-state index contributed by atoms with van der Waals surface area (Å²) in [6.07, 6.45) is 1.42. The highest BCUT2D eigenvalue weighted by Crippen LogP contribution is 2.22. The number of nitrogens with zero attached hydrogens (tertiary/aromatic N) is 6. The van der Waals surface area contributed by atoms with E-state index in [1.807, 2.05) is 25.1 Å². The number of rotatable bonds is 18. The Balaban J connectivity index is 1.27. The first-order valence-corrected chi connectivity index (χ1v) is 18.8. The fraction of sp³-hybridized carbons (Fsp3) is 0.436. The molecule has 2 aromatic heterocycles. The maximum absolute atomic E-state index is 12.8. The van der Waals surface area contributed by atoms with Gasteiger partial charge in [0.25, 0.3) is 5.91 Å². The Morgan fingerprint density at radius 1 is 0.724 bits per heavy atom. The number of hydrogen-bond acceptors (Lipinski definition) is 13. The number of aliphatic carboxylic acids is 4. The molecule has 1 saturated heterocycles. The lowest BCUT2D eigenvalue weighted by atomic mass is 10.1. The number of aromatic nitrogens is 2. The molecule has 2 amide bonds. The number of aryl methyl sites for hydroxylation is 1. The Labute approximate surface area is 335 Å². The van der Waals surface area contributed by atoms with Crippen molar-refractivity contribution in [3.05, 3.63) is 72.2 Å². The zero-order valence-corrected chi connectivity index (χ0v) is 32.3. The molecule has 0 saturated carbocycles. The molecule has 312 valence electrons. The van der Waals surface area contributed by atoms with E-state index in [1.165, 1.54) is 0 Å². The maximum atomic E-state index is 12.8. The van der Waals surface area contributed by atoms with E-state index in [9.17, 15) is 49.2 Å². The van der Waals surface area contributed by atoms with Gasteiger partial charge in [0, 0.05) is 76.2 Å². The molecule has 0 spiro atoms. The van der Waals surface area contributed by atoms with Crippen LogP contribution in [0.15, 0.2) is 60.8 Å². The Bertz CT molecular complexity index is 1830. The summed E-state index contributed by atoms with van der Waals surface area (Å²) in [6, 6.07) is 14.8. The van der Waals surface area contributed by atoms with E-state index in [4.69, 9.17) is 4.74 Å². The fourth-order valence-electron chi connectivity index (χ4n) is 6.33. The molecule has 0 radical (unpaired) electrons. The van der Waals surface area contributed by atoms with E-state index in [2.05, 4.69) is 20.6 Å². The van der Waals surface area contributed by atoms with Crippen molar-refractivity contribution >= 4 is 41.5 Å². The minimum atomic E-state index is -1.18. The number of nitrogens with one attached hydrogen (secondary N) is 2. The Hall–Kier alpha value is -6.02. The van der Waals surface area contributed by atoms with E-state index in [-0.39, 0.29) is 110 Å². The summed E-state index contributed by atoms with van der Waals surface area (Å²) < 4.78 is 5.77. The van der Waals surface area contributed by atoms with Crippen LogP contribution in [0.3, 0.4) is 0 Å². The standard InChI is InChI=1S/C39H50N8O11/c1-27-3-2-4-33(42-27)43-38(55)31-10-7-29(23-41-31)28-5-8-30(9-6-28)58-22-13-40-34(48)12-11-32(39(56)57)47-20-18-45(25-36(51)52)16-14-44(24-35(49)50)15-17-46(19-21-47)26-37(53)54/h2-10,23,32H,11-22,24-26H2,1H3,(H,40,48)(H,49,50)(H,51,52)(H,53,54)(H,56,57)(H,42,43,55)/t32-/m1/s1. The van der Waals surface area contributed by atoms with Crippen LogP contribution in [0.5, 0.6) is 5.75 Å². The molecule has 58 heavy (non-hydrogen) atoms. The van der Waals surface area contributed by atoms with Crippen molar-refractivity contribution in [1.29, 1.82) is 0 Å². The van der Waals surface area contributed by atoms with Crippen LogP contribution in [0, 0.1) is 6.92 Å². The Morgan fingerprint density at radius 3 is 1.78 bits per heavy atom. The van der Waals surface area contributed by atoms with Crippen molar-refractivity contribution in [2.45, 2.75) is 25.8 Å². The second-order valence-electron chi connectivity index (χ2n) is 13.7. The number of carboxylic acid groups (broad SMARTS) is 4. The van der Waals surface area contributed by atoms with Crippen LogP contribution in [0.25, 0.3) is 11.1 Å². The van der Waals surface area contributed by atoms with E-state index in [0.717, 1.165) is 16.8 Å². The second kappa shape index (κ2) is 22.7. The summed E-state index contributed by atoms with van der Waals surface area (Å²) >= 11 is 0. The molecule has 1 aromatic carbocycles. The monoisotopic (exact) mass is 806 g/mol. The molecule has 19 nitrogen and oxygen atoms in total. The van der Waals surface area contributed by atoms with E-state index >= 15 is 0 Å². The molecule has 0 bridgehead atoms. The molecule has 1 aliphatic rings. The molecule has 1 atom stereocenters. The van der Waals surface area contributed by atoms with Crippen LogP contribution in [-0.4, -0.2) is 177 Å². The van der Waals surface area contributed by atoms with Gasteiger partial charge in [-0.1, -0.05) is 24.3 Å². The van der Waals surface area contributed by atoms with Gasteiger partial charge in [-0.05, 0) is 49.2 Å². The highest BCUT2D eigenvalue weighted by atomic mass is 16.5. The fourth-order valence-corrected chi connectivity index (χ4v) is 6.33. The number of carbonyl (C=O) groups excluding carboxylic acids is 2. The van der Waals surface area contributed by atoms with Crippen LogP contribution in [-0.2, 0) is 24.0 Å². The summed E-state index contributed by atoms with van der Waals surface area (Å²) in [6.45, 7) is 2.48. The van der Waals surface area contributed by atoms with Crippen molar-refractivity contribution < 1.29 is 53.9 Å². The van der Waals surface area contributed by atoms with Gasteiger partial charge in [0.2, 0.25) is 5.91 Å². The molecule has 0 unspecified atom stereocenters. The maximum Gasteiger partial charge on any atom is 0.320 e. The van der Waals surface area contributed by atoms with Crippen LogP contribution < -0.4 is 15.4 Å². The number of benzene rings is 1. The molecule has 1 fully saturated rings. The van der Waals surface area contributed by atoms with Gasteiger partial charge in [-0.25, -0.2) is 4.98 Å². The third-order valence-corrected chi connectivity index (χ3v) is 9.33. The quantitative estimate of drug-likeness (QED) is 0.0977.